The van der Waals surface area contributed by atoms with Crippen molar-refractivity contribution in [3.8, 4) is 0 Å². The Labute approximate surface area is 128 Å². The second-order valence-corrected chi connectivity index (χ2v) is 5.88. The minimum absolute atomic E-state index is 0.244. The first-order valence-electron chi connectivity index (χ1n) is 8.35. The monoisotopic (exact) mass is 288 g/mol. The fourth-order valence-corrected chi connectivity index (χ4v) is 3.10. The van der Waals surface area contributed by atoms with E-state index >= 15 is 0 Å². The van der Waals surface area contributed by atoms with Crippen molar-refractivity contribution in [2.24, 2.45) is 0 Å². The Hall–Kier alpha value is -1.35. The molecule has 21 heavy (non-hydrogen) atoms. The Morgan fingerprint density at radius 1 is 1.19 bits per heavy atom. The van der Waals surface area contributed by atoms with E-state index in [9.17, 15) is 4.79 Å². The number of rotatable bonds is 6. The highest BCUT2D eigenvalue weighted by Gasteiger charge is 2.27. The first-order valence-corrected chi connectivity index (χ1v) is 8.35. The lowest BCUT2D eigenvalue weighted by Crippen LogP contribution is -2.47. The van der Waals surface area contributed by atoms with Crippen LogP contribution in [-0.2, 0) is 4.79 Å². The van der Waals surface area contributed by atoms with Crippen molar-refractivity contribution in [3.05, 3.63) is 30.3 Å². The van der Waals surface area contributed by atoms with Gasteiger partial charge in [0, 0.05) is 31.2 Å². The number of amides is 1. The predicted molar refractivity (Wildman–Crippen MR) is 88.6 cm³/mol. The molecule has 1 aromatic carbocycles. The molecule has 0 aliphatic carbocycles. The first-order chi connectivity index (χ1) is 10.3. The Bertz CT molecular complexity index is 424. The molecule has 1 aliphatic rings. The van der Waals surface area contributed by atoms with Gasteiger partial charge in [0.05, 0.1) is 0 Å². The molecule has 116 valence electrons. The van der Waals surface area contributed by atoms with Gasteiger partial charge in [0.2, 0.25) is 5.91 Å². The second-order valence-electron chi connectivity index (χ2n) is 5.88. The van der Waals surface area contributed by atoms with E-state index in [2.05, 4.69) is 24.0 Å². The number of anilines is 1. The van der Waals surface area contributed by atoms with Gasteiger partial charge in [-0.3, -0.25) is 4.79 Å². The largest absolute Gasteiger partial charge is 0.309 e. The van der Waals surface area contributed by atoms with Gasteiger partial charge in [0.1, 0.15) is 0 Å². The molecule has 0 bridgehead atoms. The van der Waals surface area contributed by atoms with Crippen LogP contribution in [0.5, 0.6) is 0 Å². The Balaban J connectivity index is 2.01. The summed E-state index contributed by atoms with van der Waals surface area (Å²) >= 11 is 0. The summed E-state index contributed by atoms with van der Waals surface area (Å²) in [6.45, 7) is 7.63. The summed E-state index contributed by atoms with van der Waals surface area (Å²) in [4.78, 5) is 17.0. The van der Waals surface area contributed by atoms with E-state index in [4.69, 9.17) is 0 Å². The number of para-hydroxylation sites is 1. The predicted octanol–water partition coefficient (Wildman–Crippen LogP) is 3.69. The molecule has 1 heterocycles. The smallest absolute Gasteiger partial charge is 0.226 e. The van der Waals surface area contributed by atoms with Crippen LogP contribution in [0.3, 0.4) is 0 Å². The van der Waals surface area contributed by atoms with Crippen LogP contribution in [0.25, 0.3) is 0 Å². The van der Waals surface area contributed by atoms with E-state index in [1.807, 2.05) is 30.0 Å². The lowest BCUT2D eigenvalue weighted by Gasteiger charge is -2.38. The molecule has 1 saturated heterocycles. The average molecular weight is 288 g/mol. The summed E-state index contributed by atoms with van der Waals surface area (Å²) < 4.78 is 0. The molecule has 3 nitrogen and oxygen atoms in total. The zero-order chi connectivity index (χ0) is 15.1. The molecule has 0 atom stereocenters. The maximum atomic E-state index is 12.4. The van der Waals surface area contributed by atoms with Crippen LogP contribution in [0.1, 0.15) is 46.0 Å². The van der Waals surface area contributed by atoms with Crippen molar-refractivity contribution < 1.29 is 4.79 Å². The molecule has 1 amide bonds. The fraction of sp³-hybridized carbons (Fsp3) is 0.611. The van der Waals surface area contributed by atoms with Crippen LogP contribution in [0.15, 0.2) is 30.3 Å². The highest BCUT2D eigenvalue weighted by atomic mass is 16.2. The van der Waals surface area contributed by atoms with Crippen LogP contribution >= 0.6 is 0 Å². The third-order valence-corrected chi connectivity index (χ3v) is 4.36. The van der Waals surface area contributed by atoms with E-state index in [1.54, 1.807) is 0 Å². The summed E-state index contributed by atoms with van der Waals surface area (Å²) in [7, 11) is 0. The van der Waals surface area contributed by atoms with E-state index in [-0.39, 0.29) is 5.91 Å². The second kappa shape index (κ2) is 8.18. The number of piperidine rings is 1. The Morgan fingerprint density at radius 3 is 2.43 bits per heavy atom. The molecule has 1 aliphatic heterocycles. The van der Waals surface area contributed by atoms with Gasteiger partial charge in [-0.15, -0.1) is 0 Å². The molecule has 3 heteroatoms. The maximum absolute atomic E-state index is 12.4. The van der Waals surface area contributed by atoms with Gasteiger partial charge in [-0.1, -0.05) is 38.5 Å². The highest BCUT2D eigenvalue weighted by Crippen LogP contribution is 2.24. The average Bonchev–Trinajstić information content (AvgIpc) is 2.55. The van der Waals surface area contributed by atoms with Crippen LogP contribution in [0, 0.1) is 0 Å². The van der Waals surface area contributed by atoms with Crippen molar-refractivity contribution in [1.29, 1.82) is 0 Å². The fourth-order valence-electron chi connectivity index (χ4n) is 3.10. The number of carbonyl (C=O) groups is 1. The molecule has 0 N–H and O–H groups in total. The van der Waals surface area contributed by atoms with Crippen LogP contribution in [0.2, 0.25) is 0 Å². The number of carbonyl (C=O) groups excluding carboxylic acids is 1. The quantitative estimate of drug-likeness (QED) is 0.797. The summed E-state index contributed by atoms with van der Waals surface area (Å²) in [5.41, 5.74) is 1.05. The van der Waals surface area contributed by atoms with Crippen LogP contribution < -0.4 is 4.90 Å². The number of benzene rings is 1. The normalized spacial score (nSPS) is 16.9. The topological polar surface area (TPSA) is 23.6 Å². The van der Waals surface area contributed by atoms with Gasteiger partial charge in [0.25, 0.3) is 0 Å². The van der Waals surface area contributed by atoms with Crippen molar-refractivity contribution in [1.82, 2.24) is 4.90 Å². The summed E-state index contributed by atoms with van der Waals surface area (Å²) in [6.07, 6.45) is 5.28. The summed E-state index contributed by atoms with van der Waals surface area (Å²) in [6, 6.07) is 10.5. The van der Waals surface area contributed by atoms with Crippen molar-refractivity contribution >= 4 is 11.6 Å². The SMILES string of the molecule is CCCCN1CCC(N(C(=O)CC)c2ccccc2)CC1. The third kappa shape index (κ3) is 4.31. The van der Waals surface area contributed by atoms with Gasteiger partial charge in [-0.25, -0.2) is 0 Å². The number of likely N-dealkylation sites (tertiary alicyclic amines) is 1. The third-order valence-electron chi connectivity index (χ3n) is 4.36. The molecule has 0 unspecified atom stereocenters. The number of hydrogen-bond donors (Lipinski definition) is 0. The molecule has 1 aromatic rings. The van der Waals surface area contributed by atoms with Gasteiger partial charge in [-0.05, 0) is 37.9 Å². The van der Waals surface area contributed by atoms with E-state index in [0.717, 1.165) is 31.6 Å². The lowest BCUT2D eigenvalue weighted by molar-refractivity contribution is -0.119. The number of hydrogen-bond acceptors (Lipinski definition) is 2. The zero-order valence-corrected chi connectivity index (χ0v) is 13.4. The van der Waals surface area contributed by atoms with E-state index in [1.165, 1.54) is 19.4 Å². The van der Waals surface area contributed by atoms with Crippen LogP contribution in [0.4, 0.5) is 5.69 Å². The van der Waals surface area contributed by atoms with Crippen molar-refractivity contribution in [2.45, 2.75) is 52.0 Å². The minimum Gasteiger partial charge on any atom is -0.309 e. The standard InChI is InChI=1S/C18H28N2O/c1-3-5-13-19-14-11-17(12-15-19)20(18(21)4-2)16-9-7-6-8-10-16/h6-10,17H,3-5,11-15H2,1-2H3. The van der Waals surface area contributed by atoms with Gasteiger partial charge in [0.15, 0.2) is 0 Å². The van der Waals surface area contributed by atoms with Crippen LogP contribution in [-0.4, -0.2) is 36.5 Å². The van der Waals surface area contributed by atoms with Gasteiger partial charge in [-0.2, -0.15) is 0 Å². The molecule has 0 spiro atoms. The zero-order valence-electron chi connectivity index (χ0n) is 13.4. The summed E-state index contributed by atoms with van der Waals surface area (Å²) in [5.74, 6) is 0.244. The molecule has 0 aromatic heterocycles. The van der Waals surface area contributed by atoms with Crippen molar-refractivity contribution in [2.75, 3.05) is 24.5 Å². The molecule has 1 fully saturated rings. The Morgan fingerprint density at radius 2 is 1.86 bits per heavy atom. The summed E-state index contributed by atoms with van der Waals surface area (Å²) in [5, 5.41) is 0. The Kier molecular flexibility index (Phi) is 6.24. The van der Waals surface area contributed by atoms with Crippen molar-refractivity contribution in [3.63, 3.8) is 0 Å². The molecular weight excluding hydrogens is 260 g/mol. The van der Waals surface area contributed by atoms with E-state index < -0.39 is 0 Å². The first kappa shape index (κ1) is 16.0. The minimum atomic E-state index is 0.244. The maximum Gasteiger partial charge on any atom is 0.226 e. The van der Waals surface area contributed by atoms with Gasteiger partial charge < -0.3 is 9.80 Å². The molecule has 0 saturated carbocycles. The number of nitrogens with zero attached hydrogens (tertiary/aromatic N) is 2. The number of unbranched alkanes of at least 4 members (excludes halogenated alkanes) is 1. The lowest BCUT2D eigenvalue weighted by atomic mass is 10.0. The molecular formula is C18H28N2O. The highest BCUT2D eigenvalue weighted by molar-refractivity contribution is 5.93. The molecule has 2 rings (SSSR count). The van der Waals surface area contributed by atoms with E-state index in [0.29, 0.717) is 12.5 Å². The molecule has 0 radical (unpaired) electrons. The van der Waals surface area contributed by atoms with Gasteiger partial charge >= 0.3 is 0 Å².